The van der Waals surface area contributed by atoms with E-state index in [2.05, 4.69) is 44.9 Å². The van der Waals surface area contributed by atoms with E-state index >= 15 is 0 Å². The molecule has 0 aliphatic heterocycles. The number of hydrogen-bond acceptors (Lipinski definition) is 2. The van der Waals surface area contributed by atoms with Gasteiger partial charge in [-0.15, -0.1) is 11.3 Å². The second kappa shape index (κ2) is 5.89. The molecule has 4 heteroatoms. The summed E-state index contributed by atoms with van der Waals surface area (Å²) < 4.78 is 2.10. The van der Waals surface area contributed by atoms with Gasteiger partial charge >= 0.3 is 0 Å². The standard InChI is InChI=1S/C10H11Br2NS/c1-2-3-4-7(5-13)10-9(12)8(11)6-14-10/h6-7H,2-4H2,1H3. The van der Waals surface area contributed by atoms with Gasteiger partial charge in [0, 0.05) is 19.2 Å². The lowest BCUT2D eigenvalue weighted by Crippen LogP contribution is -1.93. The van der Waals surface area contributed by atoms with Crippen molar-refractivity contribution in [3.05, 3.63) is 19.2 Å². The Morgan fingerprint density at radius 1 is 1.57 bits per heavy atom. The quantitative estimate of drug-likeness (QED) is 0.752. The van der Waals surface area contributed by atoms with Crippen molar-refractivity contribution in [2.24, 2.45) is 0 Å². The van der Waals surface area contributed by atoms with E-state index in [0.29, 0.717) is 0 Å². The molecule has 0 saturated heterocycles. The molecule has 0 saturated carbocycles. The first-order chi connectivity index (χ1) is 6.70. The van der Waals surface area contributed by atoms with Crippen molar-refractivity contribution in [3.8, 4) is 6.07 Å². The highest BCUT2D eigenvalue weighted by molar-refractivity contribution is 9.13. The number of hydrogen-bond donors (Lipinski definition) is 0. The minimum Gasteiger partial charge on any atom is -0.198 e. The number of nitrogens with zero attached hydrogens (tertiary/aromatic N) is 1. The van der Waals surface area contributed by atoms with E-state index in [1.165, 1.54) is 0 Å². The summed E-state index contributed by atoms with van der Waals surface area (Å²) >= 11 is 8.57. The number of nitriles is 1. The van der Waals surface area contributed by atoms with Crippen LogP contribution in [0, 0.1) is 11.3 Å². The van der Waals surface area contributed by atoms with Crippen molar-refractivity contribution >= 4 is 43.2 Å². The summed E-state index contributed by atoms with van der Waals surface area (Å²) in [7, 11) is 0. The van der Waals surface area contributed by atoms with Crippen molar-refractivity contribution in [1.29, 1.82) is 5.26 Å². The van der Waals surface area contributed by atoms with Gasteiger partial charge in [-0.1, -0.05) is 19.8 Å². The first-order valence-electron chi connectivity index (χ1n) is 4.52. The molecular formula is C10H11Br2NS. The summed E-state index contributed by atoms with van der Waals surface area (Å²) in [5.74, 6) is 0.0422. The molecule has 1 rings (SSSR count). The fourth-order valence-electron chi connectivity index (χ4n) is 1.23. The van der Waals surface area contributed by atoms with E-state index in [4.69, 9.17) is 5.26 Å². The van der Waals surface area contributed by atoms with Gasteiger partial charge in [0.2, 0.25) is 0 Å². The summed E-state index contributed by atoms with van der Waals surface area (Å²) in [4.78, 5) is 1.15. The van der Waals surface area contributed by atoms with Crippen LogP contribution < -0.4 is 0 Å². The van der Waals surface area contributed by atoms with Gasteiger partial charge in [-0.25, -0.2) is 0 Å². The molecule has 0 bridgehead atoms. The molecule has 1 aromatic heterocycles. The van der Waals surface area contributed by atoms with E-state index in [1.807, 2.05) is 5.38 Å². The van der Waals surface area contributed by atoms with Gasteiger partial charge in [0.15, 0.2) is 0 Å². The van der Waals surface area contributed by atoms with E-state index < -0.39 is 0 Å². The number of rotatable bonds is 4. The van der Waals surface area contributed by atoms with Crippen molar-refractivity contribution in [2.45, 2.75) is 32.1 Å². The third kappa shape index (κ3) is 2.82. The molecule has 0 N–H and O–H groups in total. The van der Waals surface area contributed by atoms with Crippen LogP contribution in [0.2, 0.25) is 0 Å². The van der Waals surface area contributed by atoms with Gasteiger partial charge < -0.3 is 0 Å². The fraction of sp³-hybridized carbons (Fsp3) is 0.500. The smallest absolute Gasteiger partial charge is 0.0817 e. The molecule has 0 spiro atoms. The van der Waals surface area contributed by atoms with Crippen molar-refractivity contribution in [3.63, 3.8) is 0 Å². The topological polar surface area (TPSA) is 23.8 Å². The molecule has 0 amide bonds. The number of thiophene rings is 1. The highest BCUT2D eigenvalue weighted by Gasteiger charge is 2.17. The van der Waals surface area contributed by atoms with Crippen molar-refractivity contribution in [1.82, 2.24) is 0 Å². The summed E-state index contributed by atoms with van der Waals surface area (Å²) in [6.45, 7) is 2.15. The van der Waals surface area contributed by atoms with E-state index in [0.717, 1.165) is 33.1 Å². The number of unbranched alkanes of at least 4 members (excludes halogenated alkanes) is 1. The predicted octanol–water partition coefficient (Wildman–Crippen LogP) is 5.07. The average Bonchev–Trinajstić information content (AvgIpc) is 2.51. The van der Waals surface area contributed by atoms with Crippen LogP contribution in [0.4, 0.5) is 0 Å². The molecule has 1 unspecified atom stereocenters. The first-order valence-corrected chi connectivity index (χ1v) is 6.99. The van der Waals surface area contributed by atoms with Crippen molar-refractivity contribution < 1.29 is 0 Å². The van der Waals surface area contributed by atoms with Crippen LogP contribution in [0.25, 0.3) is 0 Å². The SMILES string of the molecule is CCCCC(C#N)c1scc(Br)c1Br. The molecular weight excluding hydrogens is 326 g/mol. The molecule has 14 heavy (non-hydrogen) atoms. The maximum Gasteiger partial charge on any atom is 0.0817 e. The molecule has 0 fully saturated rings. The second-order valence-corrected chi connectivity index (χ2v) is 5.64. The minimum absolute atomic E-state index is 0.0422. The van der Waals surface area contributed by atoms with Gasteiger partial charge in [-0.3, -0.25) is 0 Å². The average molecular weight is 337 g/mol. The third-order valence-electron chi connectivity index (χ3n) is 2.03. The van der Waals surface area contributed by atoms with Crippen LogP contribution in [-0.4, -0.2) is 0 Å². The van der Waals surface area contributed by atoms with E-state index in [9.17, 15) is 0 Å². The number of halogens is 2. The van der Waals surface area contributed by atoms with Crippen LogP contribution in [0.1, 0.15) is 37.0 Å². The highest BCUT2D eigenvalue weighted by atomic mass is 79.9. The zero-order valence-electron chi connectivity index (χ0n) is 7.89. The van der Waals surface area contributed by atoms with Crippen LogP contribution in [0.15, 0.2) is 14.3 Å². The summed E-state index contributed by atoms with van der Waals surface area (Å²) in [6.07, 6.45) is 3.21. The van der Waals surface area contributed by atoms with Crippen molar-refractivity contribution in [2.75, 3.05) is 0 Å². The van der Waals surface area contributed by atoms with Gasteiger partial charge in [0.1, 0.15) is 0 Å². The van der Waals surface area contributed by atoms with Crippen LogP contribution in [0.5, 0.6) is 0 Å². The lowest BCUT2D eigenvalue weighted by atomic mass is 10.0. The Bertz CT molecular complexity index is 340. The molecule has 1 atom stereocenters. The maximum absolute atomic E-state index is 9.06. The largest absolute Gasteiger partial charge is 0.198 e. The summed E-state index contributed by atoms with van der Waals surface area (Å²) in [5, 5.41) is 11.1. The second-order valence-electron chi connectivity index (χ2n) is 3.09. The molecule has 0 aromatic carbocycles. The Kier molecular flexibility index (Phi) is 5.14. The Morgan fingerprint density at radius 3 is 2.71 bits per heavy atom. The highest BCUT2D eigenvalue weighted by Crippen LogP contribution is 2.38. The maximum atomic E-state index is 9.06. The summed E-state index contributed by atoms with van der Waals surface area (Å²) in [5.41, 5.74) is 0. The predicted molar refractivity (Wildman–Crippen MR) is 67.6 cm³/mol. The van der Waals surface area contributed by atoms with Gasteiger partial charge in [-0.05, 0) is 38.3 Å². The normalized spacial score (nSPS) is 12.4. The molecule has 1 heterocycles. The minimum atomic E-state index is 0.0422. The lowest BCUT2D eigenvalue weighted by molar-refractivity contribution is 0.676. The van der Waals surface area contributed by atoms with Crippen LogP contribution in [0.3, 0.4) is 0 Å². The Balaban J connectivity index is 2.80. The van der Waals surface area contributed by atoms with Gasteiger partial charge in [0.05, 0.1) is 12.0 Å². The molecule has 1 aromatic rings. The molecule has 0 aliphatic rings. The van der Waals surface area contributed by atoms with Gasteiger partial charge in [-0.2, -0.15) is 5.26 Å². The van der Waals surface area contributed by atoms with Crippen LogP contribution >= 0.6 is 43.2 Å². The monoisotopic (exact) mass is 335 g/mol. The Morgan fingerprint density at radius 2 is 2.29 bits per heavy atom. The van der Waals surface area contributed by atoms with E-state index in [-0.39, 0.29) is 5.92 Å². The summed E-state index contributed by atoms with van der Waals surface area (Å²) in [6, 6.07) is 2.37. The molecule has 76 valence electrons. The molecule has 1 nitrogen and oxygen atoms in total. The Labute approximate surface area is 105 Å². The molecule has 0 aliphatic carbocycles. The lowest BCUT2D eigenvalue weighted by Gasteiger charge is -2.06. The van der Waals surface area contributed by atoms with Gasteiger partial charge in [0.25, 0.3) is 0 Å². The van der Waals surface area contributed by atoms with Crippen LogP contribution in [-0.2, 0) is 0 Å². The zero-order valence-corrected chi connectivity index (χ0v) is 11.9. The third-order valence-corrected chi connectivity index (χ3v) is 5.71. The fourth-order valence-corrected chi connectivity index (χ4v) is 3.58. The molecule has 0 radical (unpaired) electrons. The Hall–Kier alpha value is 0.150. The first kappa shape index (κ1) is 12.2. The van der Waals surface area contributed by atoms with E-state index in [1.54, 1.807) is 11.3 Å². The zero-order chi connectivity index (χ0) is 10.6.